The molecule has 0 saturated carbocycles. The van der Waals surface area contributed by atoms with Gasteiger partial charge in [0, 0.05) is 12.0 Å². The van der Waals surface area contributed by atoms with E-state index in [0.717, 1.165) is 12.5 Å². The second kappa shape index (κ2) is 4.75. The molecule has 1 heterocycles. The lowest BCUT2D eigenvalue weighted by molar-refractivity contribution is 0.281. The van der Waals surface area contributed by atoms with E-state index in [0.29, 0.717) is 17.9 Å². The van der Waals surface area contributed by atoms with Gasteiger partial charge in [-0.05, 0) is 48.4 Å². The van der Waals surface area contributed by atoms with Crippen molar-refractivity contribution in [3.63, 3.8) is 0 Å². The zero-order valence-electron chi connectivity index (χ0n) is 11.9. The molecule has 0 spiro atoms. The highest BCUT2D eigenvalue weighted by atomic mass is 14.9. The summed E-state index contributed by atoms with van der Waals surface area (Å²) in [6, 6.07) is 20.8. The molecular formula is C19H21N. The molecule has 1 N–H and O–H groups in total. The van der Waals surface area contributed by atoms with Crippen LogP contribution in [0.2, 0.25) is 0 Å². The molecule has 0 aromatic heterocycles. The van der Waals surface area contributed by atoms with Crippen molar-refractivity contribution < 1.29 is 0 Å². The first kappa shape index (κ1) is 12.2. The minimum absolute atomic E-state index is 0.567. The van der Waals surface area contributed by atoms with Gasteiger partial charge in [-0.25, -0.2) is 0 Å². The standard InChI is InChI=1S/C19H21N/c1-13-11-17-15-9-5-6-10-16(15)19(18(17)12-20-13)14-7-3-2-4-8-14/h2-10,13,17-20H,11-12H2,1H3. The number of benzene rings is 2. The summed E-state index contributed by atoms with van der Waals surface area (Å²) in [5, 5.41) is 3.69. The summed E-state index contributed by atoms with van der Waals surface area (Å²) in [6.07, 6.45) is 1.27. The summed E-state index contributed by atoms with van der Waals surface area (Å²) in [6.45, 7) is 3.45. The fraction of sp³-hybridized carbons (Fsp3) is 0.368. The van der Waals surface area contributed by atoms with Gasteiger partial charge in [0.1, 0.15) is 0 Å². The quantitative estimate of drug-likeness (QED) is 0.822. The normalized spacial score (nSPS) is 31.6. The maximum Gasteiger partial charge on any atom is 0.0138 e. The number of hydrogen-bond donors (Lipinski definition) is 1. The van der Waals surface area contributed by atoms with Gasteiger partial charge >= 0.3 is 0 Å². The monoisotopic (exact) mass is 263 g/mol. The van der Waals surface area contributed by atoms with Gasteiger partial charge in [-0.2, -0.15) is 0 Å². The third-order valence-electron chi connectivity index (χ3n) is 5.14. The summed E-state index contributed by atoms with van der Waals surface area (Å²) < 4.78 is 0. The number of nitrogens with one attached hydrogen (secondary N) is 1. The zero-order chi connectivity index (χ0) is 13.5. The van der Waals surface area contributed by atoms with Crippen LogP contribution in [-0.2, 0) is 0 Å². The van der Waals surface area contributed by atoms with E-state index in [1.165, 1.54) is 12.0 Å². The van der Waals surface area contributed by atoms with E-state index >= 15 is 0 Å². The van der Waals surface area contributed by atoms with Crippen LogP contribution in [-0.4, -0.2) is 12.6 Å². The van der Waals surface area contributed by atoms with Crippen molar-refractivity contribution >= 4 is 0 Å². The lowest BCUT2D eigenvalue weighted by atomic mass is 9.78. The number of fused-ring (bicyclic) bond motifs is 3. The summed E-state index contributed by atoms with van der Waals surface area (Å²) in [7, 11) is 0. The van der Waals surface area contributed by atoms with Crippen molar-refractivity contribution in [3.05, 3.63) is 71.3 Å². The fourth-order valence-corrected chi connectivity index (χ4v) is 4.28. The molecule has 1 saturated heterocycles. The van der Waals surface area contributed by atoms with Gasteiger partial charge in [0.2, 0.25) is 0 Å². The Balaban J connectivity index is 1.83. The van der Waals surface area contributed by atoms with Crippen LogP contribution in [0.1, 0.15) is 41.9 Å². The van der Waals surface area contributed by atoms with Crippen LogP contribution in [0.15, 0.2) is 54.6 Å². The molecule has 4 unspecified atom stereocenters. The maximum absolute atomic E-state index is 3.69. The molecule has 2 aromatic carbocycles. The highest BCUT2D eigenvalue weighted by Crippen LogP contribution is 2.52. The number of hydrogen-bond acceptors (Lipinski definition) is 1. The Morgan fingerprint density at radius 1 is 0.900 bits per heavy atom. The van der Waals surface area contributed by atoms with Crippen molar-refractivity contribution in [1.82, 2.24) is 5.32 Å². The van der Waals surface area contributed by atoms with Crippen LogP contribution in [0.25, 0.3) is 0 Å². The zero-order valence-corrected chi connectivity index (χ0v) is 11.9. The van der Waals surface area contributed by atoms with E-state index in [1.807, 2.05) is 0 Å². The summed E-state index contributed by atoms with van der Waals surface area (Å²) in [4.78, 5) is 0. The predicted octanol–water partition coefficient (Wildman–Crippen LogP) is 3.91. The second-order valence-electron chi connectivity index (χ2n) is 6.33. The SMILES string of the molecule is CC1CC2c3ccccc3C(c3ccccc3)C2CN1. The highest BCUT2D eigenvalue weighted by molar-refractivity contribution is 5.46. The molecule has 2 aliphatic rings. The van der Waals surface area contributed by atoms with Gasteiger partial charge in [-0.15, -0.1) is 0 Å². The Morgan fingerprint density at radius 3 is 2.40 bits per heavy atom. The molecule has 0 bridgehead atoms. The van der Waals surface area contributed by atoms with Gasteiger partial charge in [-0.1, -0.05) is 54.6 Å². The van der Waals surface area contributed by atoms with Crippen LogP contribution in [0.5, 0.6) is 0 Å². The Morgan fingerprint density at radius 2 is 1.60 bits per heavy atom. The molecule has 1 nitrogen and oxygen atoms in total. The first-order valence-electron chi connectivity index (χ1n) is 7.72. The minimum Gasteiger partial charge on any atom is -0.314 e. The average molecular weight is 263 g/mol. The van der Waals surface area contributed by atoms with Crippen molar-refractivity contribution in [3.8, 4) is 0 Å². The molecule has 2 aromatic rings. The van der Waals surface area contributed by atoms with Crippen molar-refractivity contribution in [2.45, 2.75) is 31.2 Å². The van der Waals surface area contributed by atoms with Gasteiger partial charge in [0.15, 0.2) is 0 Å². The third kappa shape index (κ3) is 1.81. The number of rotatable bonds is 1. The molecule has 1 aliphatic carbocycles. The topological polar surface area (TPSA) is 12.0 Å². The molecule has 20 heavy (non-hydrogen) atoms. The Kier molecular flexibility index (Phi) is 2.89. The van der Waals surface area contributed by atoms with Gasteiger partial charge in [0.05, 0.1) is 0 Å². The lowest BCUT2D eigenvalue weighted by Gasteiger charge is -2.34. The molecule has 1 heteroatoms. The van der Waals surface area contributed by atoms with E-state index in [9.17, 15) is 0 Å². The maximum atomic E-state index is 3.69. The molecule has 1 fully saturated rings. The van der Waals surface area contributed by atoms with E-state index in [4.69, 9.17) is 0 Å². The molecule has 1 aliphatic heterocycles. The molecule has 0 amide bonds. The smallest absolute Gasteiger partial charge is 0.0138 e. The molecule has 4 rings (SSSR count). The van der Waals surface area contributed by atoms with Crippen LogP contribution in [0.4, 0.5) is 0 Å². The highest BCUT2D eigenvalue weighted by Gasteiger charge is 2.43. The van der Waals surface area contributed by atoms with Gasteiger partial charge in [0.25, 0.3) is 0 Å². The predicted molar refractivity (Wildman–Crippen MR) is 83.0 cm³/mol. The van der Waals surface area contributed by atoms with E-state index in [1.54, 1.807) is 11.1 Å². The van der Waals surface area contributed by atoms with E-state index in [2.05, 4.69) is 66.8 Å². The summed E-state index contributed by atoms with van der Waals surface area (Å²) in [5.74, 6) is 2.01. The molecule has 4 atom stereocenters. The first-order chi connectivity index (χ1) is 9.84. The molecule has 102 valence electrons. The van der Waals surface area contributed by atoms with Crippen LogP contribution < -0.4 is 5.32 Å². The van der Waals surface area contributed by atoms with E-state index in [-0.39, 0.29) is 0 Å². The Labute approximate surface area is 121 Å². The van der Waals surface area contributed by atoms with Gasteiger partial charge < -0.3 is 5.32 Å². The molecule has 0 radical (unpaired) electrons. The summed E-state index contributed by atoms with van der Waals surface area (Å²) >= 11 is 0. The molecular weight excluding hydrogens is 242 g/mol. The minimum atomic E-state index is 0.567. The van der Waals surface area contributed by atoms with E-state index < -0.39 is 0 Å². The largest absolute Gasteiger partial charge is 0.314 e. The fourth-order valence-electron chi connectivity index (χ4n) is 4.28. The number of piperidine rings is 1. The first-order valence-corrected chi connectivity index (χ1v) is 7.72. The van der Waals surface area contributed by atoms with Crippen molar-refractivity contribution in [1.29, 1.82) is 0 Å². The lowest BCUT2D eigenvalue weighted by Crippen LogP contribution is -2.41. The average Bonchev–Trinajstić information content (AvgIpc) is 2.82. The van der Waals surface area contributed by atoms with Crippen molar-refractivity contribution in [2.24, 2.45) is 5.92 Å². The third-order valence-corrected chi connectivity index (χ3v) is 5.14. The van der Waals surface area contributed by atoms with Crippen LogP contribution in [0.3, 0.4) is 0 Å². The second-order valence-corrected chi connectivity index (χ2v) is 6.33. The van der Waals surface area contributed by atoms with Gasteiger partial charge in [-0.3, -0.25) is 0 Å². The Bertz CT molecular complexity index is 604. The van der Waals surface area contributed by atoms with Crippen LogP contribution >= 0.6 is 0 Å². The Hall–Kier alpha value is -1.60. The summed E-state index contributed by atoms with van der Waals surface area (Å²) in [5.41, 5.74) is 4.63. The van der Waals surface area contributed by atoms with Crippen LogP contribution in [0, 0.1) is 5.92 Å². The van der Waals surface area contributed by atoms with Crippen molar-refractivity contribution in [2.75, 3.05) is 6.54 Å².